The molecule has 0 aliphatic carbocycles. The van der Waals surface area contributed by atoms with Crippen molar-refractivity contribution in [2.75, 3.05) is 0 Å². The number of ketones is 1. The van der Waals surface area contributed by atoms with E-state index in [1.54, 1.807) is 6.26 Å². The van der Waals surface area contributed by atoms with Crippen molar-refractivity contribution < 1.29 is 9.21 Å². The number of Topliss-reactive ketones (excluding diaryl/α,β-unsaturated/α-hetero) is 1. The number of carbonyl (C=O) groups excluding carboxylic acids is 1. The van der Waals surface area contributed by atoms with Gasteiger partial charge in [-0.05, 0) is 31.5 Å². The predicted octanol–water partition coefficient (Wildman–Crippen LogP) is 2.80. The Bertz CT molecular complexity index is 526. The average molecular weight is 260 g/mol. The molecule has 0 amide bonds. The fourth-order valence-electron chi connectivity index (χ4n) is 2.11. The highest BCUT2D eigenvalue weighted by Crippen LogP contribution is 2.10. The van der Waals surface area contributed by atoms with E-state index in [0.717, 1.165) is 30.1 Å². The maximum Gasteiger partial charge on any atom is 0.139 e. The lowest BCUT2D eigenvalue weighted by atomic mass is 10.1. The molecule has 2 aromatic rings. The van der Waals surface area contributed by atoms with Crippen molar-refractivity contribution in [2.24, 2.45) is 0 Å². The molecule has 2 aromatic heterocycles. The molecule has 0 fully saturated rings. The van der Waals surface area contributed by atoms with Crippen molar-refractivity contribution in [2.45, 2.75) is 46.1 Å². The molecule has 0 unspecified atom stereocenters. The van der Waals surface area contributed by atoms with Crippen molar-refractivity contribution in [1.29, 1.82) is 0 Å². The zero-order valence-corrected chi connectivity index (χ0v) is 11.6. The van der Waals surface area contributed by atoms with E-state index in [1.807, 2.05) is 29.8 Å². The SMILES string of the molecule is CCc1cc(CC(=O)CCc2ccco2)n(CC)n1. The van der Waals surface area contributed by atoms with E-state index in [9.17, 15) is 4.79 Å². The first-order valence-electron chi connectivity index (χ1n) is 6.82. The third-order valence-corrected chi connectivity index (χ3v) is 3.18. The summed E-state index contributed by atoms with van der Waals surface area (Å²) in [5.41, 5.74) is 2.07. The summed E-state index contributed by atoms with van der Waals surface area (Å²) in [6, 6.07) is 5.78. The van der Waals surface area contributed by atoms with Gasteiger partial charge >= 0.3 is 0 Å². The number of aromatic nitrogens is 2. The van der Waals surface area contributed by atoms with Crippen molar-refractivity contribution in [1.82, 2.24) is 9.78 Å². The molecule has 0 atom stereocenters. The lowest BCUT2D eigenvalue weighted by Crippen LogP contribution is -2.10. The molecule has 0 aromatic carbocycles. The van der Waals surface area contributed by atoms with Crippen LogP contribution in [0.25, 0.3) is 0 Å². The second kappa shape index (κ2) is 6.36. The van der Waals surface area contributed by atoms with Crippen molar-refractivity contribution in [3.63, 3.8) is 0 Å². The molecule has 2 rings (SSSR count). The van der Waals surface area contributed by atoms with E-state index in [-0.39, 0.29) is 5.78 Å². The summed E-state index contributed by atoms with van der Waals surface area (Å²) in [6.45, 7) is 4.93. The van der Waals surface area contributed by atoms with Crippen LogP contribution in [0.1, 0.15) is 37.4 Å². The van der Waals surface area contributed by atoms with Crippen LogP contribution in [0.15, 0.2) is 28.9 Å². The fraction of sp³-hybridized carbons (Fsp3) is 0.467. The molecular formula is C15H20N2O2. The fourth-order valence-corrected chi connectivity index (χ4v) is 2.11. The van der Waals surface area contributed by atoms with Gasteiger partial charge in [0.2, 0.25) is 0 Å². The van der Waals surface area contributed by atoms with E-state index < -0.39 is 0 Å². The quantitative estimate of drug-likeness (QED) is 0.769. The first-order valence-corrected chi connectivity index (χ1v) is 6.82. The van der Waals surface area contributed by atoms with Gasteiger partial charge in [-0.25, -0.2) is 0 Å². The van der Waals surface area contributed by atoms with Crippen LogP contribution in [0.2, 0.25) is 0 Å². The summed E-state index contributed by atoms with van der Waals surface area (Å²) in [4.78, 5) is 12.0. The Morgan fingerprint density at radius 3 is 2.89 bits per heavy atom. The summed E-state index contributed by atoms with van der Waals surface area (Å²) < 4.78 is 7.15. The minimum absolute atomic E-state index is 0.230. The van der Waals surface area contributed by atoms with Crippen LogP contribution in [-0.4, -0.2) is 15.6 Å². The second-order valence-corrected chi connectivity index (χ2v) is 4.59. The molecular weight excluding hydrogens is 240 g/mol. The van der Waals surface area contributed by atoms with E-state index >= 15 is 0 Å². The number of furan rings is 1. The molecule has 0 aliphatic rings. The molecule has 0 radical (unpaired) electrons. The van der Waals surface area contributed by atoms with Gasteiger partial charge in [-0.2, -0.15) is 5.10 Å². The molecule has 0 saturated heterocycles. The summed E-state index contributed by atoms with van der Waals surface area (Å²) in [5, 5.41) is 4.46. The molecule has 102 valence electrons. The van der Waals surface area contributed by atoms with Gasteiger partial charge in [0, 0.05) is 31.5 Å². The standard InChI is InChI=1S/C15H20N2O2/c1-3-12-10-13(17(4-2)16-12)11-14(18)7-8-15-6-5-9-19-15/h5-6,9-10H,3-4,7-8,11H2,1-2H3. The largest absolute Gasteiger partial charge is 0.469 e. The highest BCUT2D eigenvalue weighted by atomic mass is 16.3. The number of hydrogen-bond donors (Lipinski definition) is 0. The Balaban J connectivity index is 1.92. The number of rotatable bonds is 7. The lowest BCUT2D eigenvalue weighted by Gasteiger charge is -2.03. The normalized spacial score (nSPS) is 10.8. The smallest absolute Gasteiger partial charge is 0.139 e. The molecule has 0 spiro atoms. The number of hydrogen-bond acceptors (Lipinski definition) is 3. The molecule has 19 heavy (non-hydrogen) atoms. The Labute approximate surface area is 113 Å². The van der Waals surface area contributed by atoms with Gasteiger partial charge in [0.25, 0.3) is 0 Å². The maximum absolute atomic E-state index is 12.0. The topological polar surface area (TPSA) is 48.0 Å². The van der Waals surface area contributed by atoms with Crippen LogP contribution in [0, 0.1) is 0 Å². The molecule has 0 bridgehead atoms. The Hall–Kier alpha value is -1.84. The van der Waals surface area contributed by atoms with Crippen LogP contribution in [0.3, 0.4) is 0 Å². The van der Waals surface area contributed by atoms with Crippen molar-refractivity contribution >= 4 is 5.78 Å². The highest BCUT2D eigenvalue weighted by Gasteiger charge is 2.11. The third kappa shape index (κ3) is 3.56. The monoisotopic (exact) mass is 260 g/mol. The first kappa shape index (κ1) is 13.6. The Kier molecular flexibility index (Phi) is 4.55. The summed E-state index contributed by atoms with van der Waals surface area (Å²) in [7, 11) is 0. The summed E-state index contributed by atoms with van der Waals surface area (Å²) >= 11 is 0. The second-order valence-electron chi connectivity index (χ2n) is 4.59. The lowest BCUT2D eigenvalue weighted by molar-refractivity contribution is -0.118. The summed E-state index contributed by atoms with van der Waals surface area (Å²) in [5.74, 6) is 1.10. The van der Waals surface area contributed by atoms with Gasteiger partial charge in [0.1, 0.15) is 11.5 Å². The number of nitrogens with zero attached hydrogens (tertiary/aromatic N) is 2. The van der Waals surface area contributed by atoms with E-state index in [1.165, 1.54) is 0 Å². The predicted molar refractivity (Wildman–Crippen MR) is 73.0 cm³/mol. The van der Waals surface area contributed by atoms with Crippen molar-refractivity contribution in [3.8, 4) is 0 Å². The molecule has 0 aliphatic heterocycles. The minimum Gasteiger partial charge on any atom is -0.469 e. The Morgan fingerprint density at radius 2 is 2.26 bits per heavy atom. The minimum atomic E-state index is 0.230. The molecule has 2 heterocycles. The molecule has 0 N–H and O–H groups in total. The van der Waals surface area contributed by atoms with Gasteiger partial charge in [0.15, 0.2) is 0 Å². The van der Waals surface area contributed by atoms with Gasteiger partial charge in [0.05, 0.1) is 12.0 Å². The molecule has 4 heteroatoms. The highest BCUT2D eigenvalue weighted by molar-refractivity contribution is 5.80. The zero-order valence-electron chi connectivity index (χ0n) is 11.6. The molecule has 4 nitrogen and oxygen atoms in total. The van der Waals surface area contributed by atoms with Crippen LogP contribution in [-0.2, 0) is 30.6 Å². The first-order chi connectivity index (χ1) is 9.22. The van der Waals surface area contributed by atoms with Gasteiger partial charge in [-0.15, -0.1) is 0 Å². The van der Waals surface area contributed by atoms with E-state index in [2.05, 4.69) is 12.0 Å². The van der Waals surface area contributed by atoms with Crippen LogP contribution < -0.4 is 0 Å². The number of carbonyl (C=O) groups is 1. The summed E-state index contributed by atoms with van der Waals surface area (Å²) in [6.07, 6.45) is 4.19. The van der Waals surface area contributed by atoms with Crippen LogP contribution in [0.5, 0.6) is 0 Å². The zero-order chi connectivity index (χ0) is 13.7. The maximum atomic E-state index is 12.0. The van der Waals surface area contributed by atoms with Crippen LogP contribution >= 0.6 is 0 Å². The van der Waals surface area contributed by atoms with Gasteiger partial charge in [-0.1, -0.05) is 6.92 Å². The Morgan fingerprint density at radius 1 is 1.42 bits per heavy atom. The molecule has 0 saturated carbocycles. The average Bonchev–Trinajstić information content (AvgIpc) is 3.05. The van der Waals surface area contributed by atoms with Crippen molar-refractivity contribution in [3.05, 3.63) is 41.6 Å². The van der Waals surface area contributed by atoms with Gasteiger partial charge in [-0.3, -0.25) is 9.48 Å². The number of aryl methyl sites for hydroxylation is 3. The van der Waals surface area contributed by atoms with Crippen LogP contribution in [0.4, 0.5) is 0 Å². The van der Waals surface area contributed by atoms with E-state index in [4.69, 9.17) is 4.42 Å². The van der Waals surface area contributed by atoms with Gasteiger partial charge < -0.3 is 4.42 Å². The van der Waals surface area contributed by atoms with E-state index in [0.29, 0.717) is 19.3 Å². The third-order valence-electron chi connectivity index (χ3n) is 3.18.